The minimum atomic E-state index is -4.63. The van der Waals surface area contributed by atoms with Gasteiger partial charge in [0.25, 0.3) is 5.91 Å². The molecule has 2 aromatic carbocycles. The van der Waals surface area contributed by atoms with Crippen LogP contribution >= 0.6 is 0 Å². The molecular weight excluding hydrogens is 571 g/mol. The van der Waals surface area contributed by atoms with E-state index in [1.807, 2.05) is 0 Å². The summed E-state index contributed by atoms with van der Waals surface area (Å²) in [5.74, 6) is -2.87. The molecule has 43 heavy (non-hydrogen) atoms. The Morgan fingerprint density at radius 3 is 2.35 bits per heavy atom. The zero-order valence-corrected chi connectivity index (χ0v) is 23.0. The van der Waals surface area contributed by atoms with E-state index in [0.717, 1.165) is 31.0 Å². The predicted octanol–water partition coefficient (Wildman–Crippen LogP) is 7.29. The Bertz CT molecular complexity index is 1770. The fourth-order valence-corrected chi connectivity index (χ4v) is 5.05. The SMILES string of the molecule is CNC(=O)c1c(-c2ccc(F)cc2)oc2nc(NCC(F)(F)F)c(-c3ccc(F)c(C(=O)CC(C)(C#N)C4CC4)c3)cc12. The van der Waals surface area contributed by atoms with Gasteiger partial charge in [-0.2, -0.15) is 23.4 Å². The number of amides is 1. The first-order valence-corrected chi connectivity index (χ1v) is 13.3. The maximum absolute atomic E-state index is 14.9. The van der Waals surface area contributed by atoms with Crippen molar-refractivity contribution in [1.82, 2.24) is 10.3 Å². The van der Waals surface area contributed by atoms with Crippen molar-refractivity contribution in [3.8, 4) is 28.5 Å². The van der Waals surface area contributed by atoms with Gasteiger partial charge in [0, 0.05) is 24.6 Å². The van der Waals surface area contributed by atoms with E-state index < -0.39 is 41.5 Å². The molecule has 1 saturated carbocycles. The summed E-state index contributed by atoms with van der Waals surface area (Å²) in [7, 11) is 1.37. The zero-order chi connectivity index (χ0) is 31.1. The van der Waals surface area contributed by atoms with Gasteiger partial charge in [0.1, 0.15) is 29.8 Å². The van der Waals surface area contributed by atoms with Gasteiger partial charge >= 0.3 is 6.18 Å². The van der Waals surface area contributed by atoms with Crippen LogP contribution in [0.3, 0.4) is 0 Å². The number of fused-ring (bicyclic) bond motifs is 1. The summed E-state index contributed by atoms with van der Waals surface area (Å²) in [6.45, 7) is 0.181. The van der Waals surface area contributed by atoms with Gasteiger partial charge in [0.15, 0.2) is 5.78 Å². The number of benzene rings is 2. The fourth-order valence-electron chi connectivity index (χ4n) is 5.05. The van der Waals surface area contributed by atoms with Crippen molar-refractivity contribution in [3.05, 3.63) is 71.3 Å². The molecule has 0 aliphatic heterocycles. The fraction of sp³-hybridized carbons (Fsp3) is 0.290. The largest absolute Gasteiger partial charge is 0.437 e. The van der Waals surface area contributed by atoms with Crippen LogP contribution in [-0.4, -0.2) is 36.4 Å². The first kappa shape index (κ1) is 29.7. The third-order valence-corrected chi connectivity index (χ3v) is 7.54. The summed E-state index contributed by atoms with van der Waals surface area (Å²) in [6, 6.07) is 12.1. The van der Waals surface area contributed by atoms with Gasteiger partial charge in [-0.15, -0.1) is 0 Å². The molecule has 1 unspecified atom stereocenters. The van der Waals surface area contributed by atoms with Gasteiger partial charge in [-0.3, -0.25) is 9.59 Å². The summed E-state index contributed by atoms with van der Waals surface area (Å²) < 4.78 is 74.1. The van der Waals surface area contributed by atoms with E-state index in [-0.39, 0.29) is 57.3 Å². The topological polar surface area (TPSA) is 108 Å². The zero-order valence-electron chi connectivity index (χ0n) is 23.0. The number of aromatic nitrogens is 1. The Labute approximate surface area is 242 Å². The van der Waals surface area contributed by atoms with Crippen molar-refractivity contribution in [1.29, 1.82) is 5.26 Å². The molecule has 7 nitrogen and oxygen atoms in total. The number of Topliss-reactive ketones (excluding diaryl/α,β-unsaturated/α-hetero) is 1. The molecule has 222 valence electrons. The van der Waals surface area contributed by atoms with Crippen molar-refractivity contribution in [2.45, 2.75) is 32.4 Å². The van der Waals surface area contributed by atoms with Crippen molar-refractivity contribution in [2.24, 2.45) is 11.3 Å². The lowest BCUT2D eigenvalue weighted by atomic mass is 9.80. The molecule has 0 bridgehead atoms. The predicted molar refractivity (Wildman–Crippen MR) is 148 cm³/mol. The Morgan fingerprint density at radius 1 is 1.07 bits per heavy atom. The summed E-state index contributed by atoms with van der Waals surface area (Å²) in [4.78, 5) is 30.4. The number of nitriles is 1. The van der Waals surface area contributed by atoms with E-state index in [1.165, 1.54) is 37.4 Å². The van der Waals surface area contributed by atoms with Crippen molar-refractivity contribution in [3.63, 3.8) is 0 Å². The third-order valence-electron chi connectivity index (χ3n) is 7.54. The lowest BCUT2D eigenvalue weighted by Gasteiger charge is -2.20. The number of hydrogen-bond acceptors (Lipinski definition) is 6. The molecule has 4 aromatic rings. The van der Waals surface area contributed by atoms with Crippen LogP contribution in [0.15, 0.2) is 52.9 Å². The minimum absolute atomic E-state index is 0.00612. The molecular formula is C31H25F5N4O3. The Kier molecular flexibility index (Phi) is 7.69. The van der Waals surface area contributed by atoms with E-state index in [9.17, 15) is 36.8 Å². The first-order valence-electron chi connectivity index (χ1n) is 13.3. The number of carbonyl (C=O) groups is 2. The second-order valence-electron chi connectivity index (χ2n) is 10.7. The van der Waals surface area contributed by atoms with Gasteiger partial charge in [-0.05, 0) is 73.7 Å². The molecule has 1 aliphatic rings. The second-order valence-corrected chi connectivity index (χ2v) is 10.7. The number of rotatable bonds is 9. The quantitative estimate of drug-likeness (QED) is 0.155. The van der Waals surface area contributed by atoms with E-state index in [1.54, 1.807) is 6.92 Å². The summed E-state index contributed by atoms with van der Waals surface area (Å²) in [5.41, 5.74) is -1.00. The van der Waals surface area contributed by atoms with Gasteiger partial charge in [0.2, 0.25) is 5.71 Å². The van der Waals surface area contributed by atoms with Crippen LogP contribution in [0.4, 0.5) is 27.8 Å². The molecule has 5 rings (SSSR count). The van der Waals surface area contributed by atoms with Gasteiger partial charge in [-0.1, -0.05) is 6.07 Å². The van der Waals surface area contributed by atoms with Crippen LogP contribution in [0.2, 0.25) is 0 Å². The highest BCUT2D eigenvalue weighted by Gasteiger charge is 2.43. The summed E-state index contributed by atoms with van der Waals surface area (Å²) >= 11 is 0. The van der Waals surface area contributed by atoms with Crippen molar-refractivity contribution >= 4 is 28.6 Å². The molecule has 1 amide bonds. The van der Waals surface area contributed by atoms with E-state index in [2.05, 4.69) is 21.7 Å². The highest BCUT2D eigenvalue weighted by atomic mass is 19.4. The standard InChI is InChI=1S/C31H25F5N4O3/c1-30(14-37,18-6-7-18)13-24(41)21-11-17(5-10-23(21)33)20-12-22-25(28(42)38-2)26(16-3-8-19(32)9-4-16)43-29(22)40-27(20)39-15-31(34,35)36/h3-5,8-12,18H,6-7,13,15H2,1-2H3,(H,38,42)(H,39,40). The average Bonchev–Trinajstić information content (AvgIpc) is 3.77. The first-order chi connectivity index (χ1) is 20.3. The molecule has 1 fully saturated rings. The number of furan rings is 1. The monoisotopic (exact) mass is 596 g/mol. The molecule has 12 heteroatoms. The highest BCUT2D eigenvalue weighted by molar-refractivity contribution is 6.11. The maximum atomic E-state index is 14.9. The van der Waals surface area contributed by atoms with E-state index >= 15 is 0 Å². The third kappa shape index (κ3) is 6.07. The number of ketones is 1. The van der Waals surface area contributed by atoms with Crippen molar-refractivity contribution in [2.75, 3.05) is 18.9 Å². The number of pyridine rings is 1. The molecule has 0 radical (unpaired) electrons. The van der Waals surface area contributed by atoms with Gasteiger partial charge in [-0.25, -0.2) is 8.78 Å². The lowest BCUT2D eigenvalue weighted by Crippen LogP contribution is -2.22. The maximum Gasteiger partial charge on any atom is 0.405 e. The molecule has 2 heterocycles. The lowest BCUT2D eigenvalue weighted by molar-refractivity contribution is -0.115. The second kappa shape index (κ2) is 11.1. The number of anilines is 1. The molecule has 2 N–H and O–H groups in total. The molecule has 2 aromatic heterocycles. The number of hydrogen-bond donors (Lipinski definition) is 2. The van der Waals surface area contributed by atoms with Crippen LogP contribution in [0.1, 0.15) is 46.9 Å². The molecule has 0 saturated heterocycles. The van der Waals surface area contributed by atoms with Gasteiger partial charge < -0.3 is 15.1 Å². The molecule has 1 aliphatic carbocycles. The summed E-state index contributed by atoms with van der Waals surface area (Å²) in [5, 5.41) is 14.5. The Balaban J connectivity index is 1.67. The minimum Gasteiger partial charge on any atom is -0.437 e. The normalized spacial score (nSPS) is 14.7. The highest BCUT2D eigenvalue weighted by Crippen LogP contribution is 2.48. The van der Waals surface area contributed by atoms with Crippen LogP contribution in [0, 0.1) is 34.3 Å². The van der Waals surface area contributed by atoms with E-state index in [0.29, 0.717) is 5.56 Å². The molecule has 0 spiro atoms. The van der Waals surface area contributed by atoms with Crippen molar-refractivity contribution < 1.29 is 36.0 Å². The smallest absolute Gasteiger partial charge is 0.405 e. The Morgan fingerprint density at radius 2 is 1.74 bits per heavy atom. The number of halogens is 5. The van der Waals surface area contributed by atoms with E-state index in [4.69, 9.17) is 4.42 Å². The van der Waals surface area contributed by atoms with Crippen LogP contribution in [-0.2, 0) is 0 Å². The van der Waals surface area contributed by atoms with Crippen LogP contribution in [0.25, 0.3) is 33.6 Å². The van der Waals surface area contributed by atoms with Crippen LogP contribution in [0.5, 0.6) is 0 Å². The molecule has 1 atom stereocenters. The number of nitrogens with one attached hydrogen (secondary N) is 2. The van der Waals surface area contributed by atoms with Gasteiger partial charge in [0.05, 0.1) is 28.0 Å². The summed E-state index contributed by atoms with van der Waals surface area (Å²) in [6.07, 6.45) is -3.28. The number of alkyl halides is 3. The number of nitrogens with zero attached hydrogens (tertiary/aromatic N) is 2. The number of carbonyl (C=O) groups excluding carboxylic acids is 2. The van der Waals surface area contributed by atoms with Crippen LogP contribution < -0.4 is 10.6 Å². The Hall–Kier alpha value is -4.79. The average molecular weight is 597 g/mol.